The van der Waals surface area contributed by atoms with Crippen LogP contribution in [0.3, 0.4) is 0 Å². The molecular weight excluding hydrogens is 446 g/mol. The molecule has 0 bridgehead atoms. The van der Waals surface area contributed by atoms with Crippen molar-refractivity contribution in [3.8, 4) is 0 Å². The molecule has 35 heavy (non-hydrogen) atoms. The van der Waals surface area contributed by atoms with Crippen LogP contribution in [0.25, 0.3) is 0 Å². The summed E-state index contributed by atoms with van der Waals surface area (Å²) in [6.07, 6.45) is 2.40. The number of imide groups is 1. The number of aromatic nitrogens is 2. The topological polar surface area (TPSA) is 93.2 Å². The van der Waals surface area contributed by atoms with Crippen molar-refractivity contribution in [3.05, 3.63) is 47.8 Å². The molecule has 0 radical (unpaired) electrons. The lowest BCUT2D eigenvalue weighted by atomic mass is 10.1. The van der Waals surface area contributed by atoms with Gasteiger partial charge < -0.3 is 19.6 Å². The maximum Gasteiger partial charge on any atom is 0.261 e. The minimum absolute atomic E-state index is 0.0575. The average molecular weight is 478 g/mol. The molecule has 0 aliphatic carbocycles. The standard InChI is InChI=1S/C25H31N7O3/c1-28-9-11-29(12-10-28)21-17-22(27-18-26-21)30-13-15-31(16-14-30)23(33)7-4-8-32-24(34)19-5-2-3-6-20(19)25(32)35/h2-3,5-6,17-18H,4,7-16H2,1H3. The number of likely N-dealkylation sites (N-methyl/N-ethyl adjacent to an activating group) is 1. The predicted molar refractivity (Wildman–Crippen MR) is 132 cm³/mol. The van der Waals surface area contributed by atoms with Crippen LogP contribution in [-0.2, 0) is 4.79 Å². The first-order chi connectivity index (χ1) is 17.0. The molecule has 3 aliphatic heterocycles. The Balaban J connectivity index is 1.09. The zero-order valence-electron chi connectivity index (χ0n) is 20.1. The summed E-state index contributed by atoms with van der Waals surface area (Å²) in [6, 6.07) is 8.90. The Morgan fingerprint density at radius 1 is 0.829 bits per heavy atom. The van der Waals surface area contributed by atoms with Crippen molar-refractivity contribution in [3.63, 3.8) is 0 Å². The van der Waals surface area contributed by atoms with Gasteiger partial charge in [-0.25, -0.2) is 9.97 Å². The van der Waals surface area contributed by atoms with E-state index in [0.29, 0.717) is 50.1 Å². The zero-order valence-corrected chi connectivity index (χ0v) is 20.1. The van der Waals surface area contributed by atoms with Gasteiger partial charge in [-0.3, -0.25) is 19.3 Å². The summed E-state index contributed by atoms with van der Waals surface area (Å²) in [6.45, 7) is 6.88. The highest BCUT2D eigenvalue weighted by molar-refractivity contribution is 6.21. The Bertz CT molecular complexity index is 1070. The van der Waals surface area contributed by atoms with E-state index >= 15 is 0 Å². The zero-order chi connectivity index (χ0) is 24.4. The molecule has 0 saturated carbocycles. The minimum Gasteiger partial charge on any atom is -0.354 e. The molecule has 0 N–H and O–H groups in total. The Morgan fingerprint density at radius 2 is 1.37 bits per heavy atom. The minimum atomic E-state index is -0.271. The number of fused-ring (bicyclic) bond motifs is 1. The van der Waals surface area contributed by atoms with Crippen LogP contribution in [0.15, 0.2) is 36.7 Å². The summed E-state index contributed by atoms with van der Waals surface area (Å²) < 4.78 is 0. The highest BCUT2D eigenvalue weighted by atomic mass is 16.2. The molecular formula is C25H31N7O3. The summed E-state index contributed by atoms with van der Waals surface area (Å²) in [5.41, 5.74) is 0.890. The molecule has 1 aromatic carbocycles. The first kappa shape index (κ1) is 23.2. The molecule has 0 unspecified atom stereocenters. The van der Waals surface area contributed by atoms with Crippen molar-refractivity contribution in [1.82, 2.24) is 24.7 Å². The van der Waals surface area contributed by atoms with Crippen molar-refractivity contribution in [1.29, 1.82) is 0 Å². The van der Waals surface area contributed by atoms with Gasteiger partial charge in [0.2, 0.25) is 5.91 Å². The van der Waals surface area contributed by atoms with E-state index in [0.717, 1.165) is 37.8 Å². The monoisotopic (exact) mass is 477 g/mol. The number of benzene rings is 1. The molecule has 2 aromatic rings. The van der Waals surface area contributed by atoms with Gasteiger partial charge in [-0.05, 0) is 25.6 Å². The van der Waals surface area contributed by atoms with Crippen LogP contribution in [0.5, 0.6) is 0 Å². The number of nitrogens with zero attached hydrogens (tertiary/aromatic N) is 7. The largest absolute Gasteiger partial charge is 0.354 e. The van der Waals surface area contributed by atoms with Crippen LogP contribution in [0.4, 0.5) is 11.6 Å². The lowest BCUT2D eigenvalue weighted by Gasteiger charge is -2.36. The molecule has 184 valence electrons. The lowest BCUT2D eigenvalue weighted by molar-refractivity contribution is -0.131. The fourth-order valence-electron chi connectivity index (χ4n) is 4.89. The number of hydrogen-bond acceptors (Lipinski definition) is 8. The smallest absolute Gasteiger partial charge is 0.261 e. The third-order valence-corrected chi connectivity index (χ3v) is 7.07. The van der Waals surface area contributed by atoms with Crippen molar-refractivity contribution < 1.29 is 14.4 Å². The molecule has 1 aromatic heterocycles. The fourth-order valence-corrected chi connectivity index (χ4v) is 4.89. The summed E-state index contributed by atoms with van der Waals surface area (Å²) in [7, 11) is 2.13. The van der Waals surface area contributed by atoms with Crippen LogP contribution in [-0.4, -0.2) is 108 Å². The third-order valence-electron chi connectivity index (χ3n) is 7.07. The first-order valence-corrected chi connectivity index (χ1v) is 12.2. The number of amides is 3. The Labute approximate surface area is 205 Å². The van der Waals surface area contributed by atoms with Gasteiger partial charge in [0.15, 0.2) is 0 Å². The van der Waals surface area contributed by atoms with Gasteiger partial charge in [-0.15, -0.1) is 0 Å². The molecule has 5 rings (SSSR count). The number of carbonyl (C=O) groups excluding carboxylic acids is 3. The van der Waals surface area contributed by atoms with Crippen LogP contribution in [0, 0.1) is 0 Å². The first-order valence-electron chi connectivity index (χ1n) is 12.2. The van der Waals surface area contributed by atoms with E-state index in [1.54, 1.807) is 30.6 Å². The second-order valence-corrected chi connectivity index (χ2v) is 9.30. The van der Waals surface area contributed by atoms with Crippen LogP contribution < -0.4 is 9.80 Å². The van der Waals surface area contributed by atoms with Gasteiger partial charge in [-0.2, -0.15) is 0 Å². The summed E-state index contributed by atoms with van der Waals surface area (Å²) in [4.78, 5) is 56.6. The predicted octanol–water partition coefficient (Wildman–Crippen LogP) is 0.953. The number of hydrogen-bond donors (Lipinski definition) is 0. The van der Waals surface area contributed by atoms with E-state index in [9.17, 15) is 14.4 Å². The molecule has 2 fully saturated rings. The molecule has 0 atom stereocenters. The van der Waals surface area contributed by atoms with E-state index in [2.05, 4.69) is 31.7 Å². The number of rotatable bonds is 6. The van der Waals surface area contributed by atoms with Crippen LogP contribution >= 0.6 is 0 Å². The number of piperazine rings is 2. The molecule has 3 amide bonds. The lowest BCUT2D eigenvalue weighted by Crippen LogP contribution is -2.49. The highest BCUT2D eigenvalue weighted by Crippen LogP contribution is 2.23. The maximum absolute atomic E-state index is 12.8. The van der Waals surface area contributed by atoms with Gasteiger partial charge in [0.25, 0.3) is 11.8 Å². The average Bonchev–Trinajstić information content (AvgIpc) is 3.14. The molecule has 0 spiro atoms. The Hall–Kier alpha value is -3.53. The second-order valence-electron chi connectivity index (χ2n) is 9.30. The quantitative estimate of drug-likeness (QED) is 0.568. The van der Waals surface area contributed by atoms with E-state index < -0.39 is 0 Å². The van der Waals surface area contributed by atoms with Gasteiger partial charge in [-0.1, -0.05) is 12.1 Å². The van der Waals surface area contributed by atoms with Crippen LogP contribution in [0.2, 0.25) is 0 Å². The maximum atomic E-state index is 12.8. The molecule has 3 aliphatic rings. The van der Waals surface area contributed by atoms with Gasteiger partial charge in [0.05, 0.1) is 11.1 Å². The molecule has 4 heterocycles. The third kappa shape index (κ3) is 4.84. The number of anilines is 2. The summed E-state index contributed by atoms with van der Waals surface area (Å²) in [5.74, 6) is 1.36. The summed E-state index contributed by atoms with van der Waals surface area (Å²) >= 11 is 0. The SMILES string of the molecule is CN1CCN(c2cc(N3CCN(C(=O)CCCN4C(=O)c5ccccc5C4=O)CC3)ncn2)CC1. The molecule has 10 nitrogen and oxygen atoms in total. The molecule has 10 heteroatoms. The van der Waals surface area contributed by atoms with E-state index in [1.165, 1.54) is 4.90 Å². The van der Waals surface area contributed by atoms with Gasteiger partial charge in [0, 0.05) is 71.4 Å². The van der Waals surface area contributed by atoms with Crippen molar-refractivity contribution in [2.75, 3.05) is 75.8 Å². The Morgan fingerprint density at radius 3 is 1.94 bits per heavy atom. The second kappa shape index (κ2) is 9.99. The van der Waals surface area contributed by atoms with E-state index in [-0.39, 0.29) is 24.3 Å². The van der Waals surface area contributed by atoms with Crippen molar-refractivity contribution in [2.45, 2.75) is 12.8 Å². The number of carbonyl (C=O) groups is 3. The summed E-state index contributed by atoms with van der Waals surface area (Å²) in [5, 5.41) is 0. The van der Waals surface area contributed by atoms with Gasteiger partial charge >= 0.3 is 0 Å². The van der Waals surface area contributed by atoms with Crippen molar-refractivity contribution >= 4 is 29.4 Å². The molecule has 2 saturated heterocycles. The van der Waals surface area contributed by atoms with Gasteiger partial charge in [0.1, 0.15) is 18.0 Å². The van der Waals surface area contributed by atoms with Crippen molar-refractivity contribution in [2.24, 2.45) is 0 Å². The normalized spacial score (nSPS) is 18.9. The fraction of sp³-hybridized carbons (Fsp3) is 0.480. The Kier molecular flexibility index (Phi) is 6.63. The van der Waals surface area contributed by atoms with E-state index in [4.69, 9.17) is 0 Å². The van der Waals surface area contributed by atoms with E-state index in [1.807, 2.05) is 11.0 Å². The van der Waals surface area contributed by atoms with Crippen LogP contribution in [0.1, 0.15) is 33.6 Å². The highest BCUT2D eigenvalue weighted by Gasteiger charge is 2.34.